The molecule has 0 radical (unpaired) electrons. The van der Waals surface area contributed by atoms with Crippen LogP contribution in [0.2, 0.25) is 0 Å². The van der Waals surface area contributed by atoms with Gasteiger partial charge in [0.15, 0.2) is 0 Å². The summed E-state index contributed by atoms with van der Waals surface area (Å²) in [4.78, 5) is 10.9. The summed E-state index contributed by atoms with van der Waals surface area (Å²) >= 11 is 0. The van der Waals surface area contributed by atoms with Crippen molar-refractivity contribution in [3.8, 4) is 11.4 Å². The second kappa shape index (κ2) is 3.48. The normalized spacial score (nSPS) is 10.7. The highest BCUT2D eigenvalue weighted by Crippen LogP contribution is 2.19. The van der Waals surface area contributed by atoms with Gasteiger partial charge in [0.2, 0.25) is 0 Å². The molecule has 84 valence electrons. The van der Waals surface area contributed by atoms with E-state index in [1.807, 2.05) is 13.0 Å². The molecule has 2 heterocycles. The van der Waals surface area contributed by atoms with E-state index in [2.05, 4.69) is 10.2 Å². The fourth-order valence-electron chi connectivity index (χ4n) is 1.64. The van der Waals surface area contributed by atoms with Gasteiger partial charge >= 0.3 is 5.97 Å². The Morgan fingerprint density at radius 1 is 1.25 bits per heavy atom. The molecule has 0 atom stereocenters. The van der Waals surface area contributed by atoms with Crippen LogP contribution >= 0.6 is 0 Å². The molecule has 2 aromatic rings. The minimum Gasteiger partial charge on any atom is -0.477 e. The predicted octanol–water partition coefficient (Wildman–Crippen LogP) is 0.827. The van der Waals surface area contributed by atoms with E-state index < -0.39 is 5.97 Å². The molecule has 16 heavy (non-hydrogen) atoms. The zero-order chi connectivity index (χ0) is 11.9. The number of carboxylic acids is 1. The van der Waals surface area contributed by atoms with Crippen LogP contribution in [-0.4, -0.2) is 30.6 Å². The van der Waals surface area contributed by atoms with Crippen molar-refractivity contribution in [2.24, 2.45) is 14.1 Å². The van der Waals surface area contributed by atoms with Gasteiger partial charge in [0.1, 0.15) is 11.4 Å². The number of rotatable bonds is 2. The molecule has 0 bridgehead atoms. The molecule has 6 nitrogen and oxygen atoms in total. The maximum absolute atomic E-state index is 10.9. The maximum Gasteiger partial charge on any atom is 0.354 e. The highest BCUT2D eigenvalue weighted by Gasteiger charge is 2.15. The first-order valence-electron chi connectivity index (χ1n) is 4.77. The minimum atomic E-state index is -0.986. The van der Waals surface area contributed by atoms with Crippen molar-refractivity contribution in [3.63, 3.8) is 0 Å². The topological polar surface area (TPSA) is 72.9 Å². The molecule has 0 fully saturated rings. The van der Waals surface area contributed by atoms with Gasteiger partial charge in [-0.2, -0.15) is 10.2 Å². The Morgan fingerprint density at radius 3 is 2.38 bits per heavy atom. The lowest BCUT2D eigenvalue weighted by atomic mass is 10.2. The summed E-state index contributed by atoms with van der Waals surface area (Å²) in [6, 6.07) is 3.41. The summed E-state index contributed by atoms with van der Waals surface area (Å²) in [5.74, 6) is -0.986. The van der Waals surface area contributed by atoms with Gasteiger partial charge in [0, 0.05) is 20.2 Å². The highest BCUT2D eigenvalue weighted by atomic mass is 16.4. The zero-order valence-corrected chi connectivity index (χ0v) is 9.30. The lowest BCUT2D eigenvalue weighted by Crippen LogP contribution is -2.04. The number of aromatic nitrogens is 4. The summed E-state index contributed by atoms with van der Waals surface area (Å²) in [6.07, 6.45) is 0. The molecule has 0 spiro atoms. The number of hydrogen-bond acceptors (Lipinski definition) is 3. The molecule has 2 aromatic heterocycles. The van der Waals surface area contributed by atoms with Crippen LogP contribution < -0.4 is 0 Å². The molecule has 0 aromatic carbocycles. The number of aromatic carboxylic acids is 1. The monoisotopic (exact) mass is 220 g/mol. The van der Waals surface area contributed by atoms with Crippen molar-refractivity contribution < 1.29 is 9.90 Å². The van der Waals surface area contributed by atoms with Gasteiger partial charge in [-0.05, 0) is 13.0 Å². The highest BCUT2D eigenvalue weighted by molar-refractivity contribution is 5.87. The van der Waals surface area contributed by atoms with Crippen LogP contribution in [0.5, 0.6) is 0 Å². The standard InChI is InChI=1S/C10H12N4O2/c1-6-4-8(13(2)11-6)7-5-9(10(15)16)14(3)12-7/h4-5H,1-3H3,(H,15,16). The molecule has 0 aliphatic heterocycles. The minimum absolute atomic E-state index is 0.161. The Bertz CT molecular complexity index is 553. The van der Waals surface area contributed by atoms with Gasteiger partial charge in [-0.25, -0.2) is 4.79 Å². The molecule has 1 N–H and O–H groups in total. The van der Waals surface area contributed by atoms with Crippen LogP contribution in [0.15, 0.2) is 12.1 Å². The zero-order valence-electron chi connectivity index (χ0n) is 9.30. The van der Waals surface area contributed by atoms with E-state index in [9.17, 15) is 4.79 Å². The molecule has 0 aliphatic rings. The number of hydrogen-bond donors (Lipinski definition) is 1. The summed E-state index contributed by atoms with van der Waals surface area (Å²) in [5.41, 5.74) is 2.46. The van der Waals surface area contributed by atoms with Crippen molar-refractivity contribution in [1.29, 1.82) is 0 Å². The van der Waals surface area contributed by atoms with Crippen LogP contribution in [0.3, 0.4) is 0 Å². The molecular weight excluding hydrogens is 208 g/mol. The Kier molecular flexibility index (Phi) is 2.26. The summed E-state index contributed by atoms with van der Waals surface area (Å²) in [6.45, 7) is 1.88. The maximum atomic E-state index is 10.9. The second-order valence-electron chi connectivity index (χ2n) is 3.64. The number of aryl methyl sites for hydroxylation is 3. The Labute approximate surface area is 92.1 Å². The molecule has 0 unspecified atom stereocenters. The van der Waals surface area contributed by atoms with Crippen molar-refractivity contribution >= 4 is 5.97 Å². The van der Waals surface area contributed by atoms with E-state index in [0.717, 1.165) is 11.4 Å². The second-order valence-corrected chi connectivity index (χ2v) is 3.64. The number of nitrogens with zero attached hydrogens (tertiary/aromatic N) is 4. The van der Waals surface area contributed by atoms with Crippen molar-refractivity contribution in [1.82, 2.24) is 19.6 Å². The molecule has 0 aliphatic carbocycles. The van der Waals surface area contributed by atoms with Crippen molar-refractivity contribution in [3.05, 3.63) is 23.5 Å². The molecule has 0 saturated heterocycles. The van der Waals surface area contributed by atoms with Gasteiger partial charge in [-0.3, -0.25) is 9.36 Å². The van der Waals surface area contributed by atoms with Crippen LogP contribution in [0.4, 0.5) is 0 Å². The SMILES string of the molecule is Cc1cc(-c2cc(C(=O)O)n(C)n2)n(C)n1. The van der Waals surface area contributed by atoms with E-state index >= 15 is 0 Å². The van der Waals surface area contributed by atoms with Crippen LogP contribution in [-0.2, 0) is 14.1 Å². The third-order valence-electron chi connectivity index (χ3n) is 2.36. The van der Waals surface area contributed by atoms with E-state index in [-0.39, 0.29) is 5.69 Å². The van der Waals surface area contributed by atoms with Crippen molar-refractivity contribution in [2.45, 2.75) is 6.92 Å². The quantitative estimate of drug-likeness (QED) is 0.813. The first kappa shape index (κ1) is 10.4. The summed E-state index contributed by atoms with van der Waals surface area (Å²) in [7, 11) is 3.41. The van der Waals surface area contributed by atoms with Crippen LogP contribution in [0.25, 0.3) is 11.4 Å². The molecule has 0 saturated carbocycles. The van der Waals surface area contributed by atoms with Gasteiger partial charge in [0.25, 0.3) is 0 Å². The van der Waals surface area contributed by atoms with Gasteiger partial charge in [0.05, 0.1) is 11.4 Å². The lowest BCUT2D eigenvalue weighted by Gasteiger charge is -1.95. The fourth-order valence-corrected chi connectivity index (χ4v) is 1.64. The third kappa shape index (κ3) is 1.58. The average Bonchev–Trinajstić information content (AvgIpc) is 2.69. The molecular formula is C10H12N4O2. The fraction of sp³-hybridized carbons (Fsp3) is 0.300. The third-order valence-corrected chi connectivity index (χ3v) is 2.36. The van der Waals surface area contributed by atoms with Gasteiger partial charge in [-0.1, -0.05) is 0 Å². The van der Waals surface area contributed by atoms with E-state index in [1.165, 1.54) is 4.68 Å². The first-order valence-corrected chi connectivity index (χ1v) is 4.77. The Hall–Kier alpha value is -2.11. The Balaban J connectivity index is 2.53. The van der Waals surface area contributed by atoms with E-state index in [4.69, 9.17) is 5.11 Å². The average molecular weight is 220 g/mol. The lowest BCUT2D eigenvalue weighted by molar-refractivity contribution is 0.0685. The van der Waals surface area contributed by atoms with Gasteiger partial charge < -0.3 is 5.11 Å². The van der Waals surface area contributed by atoms with E-state index in [0.29, 0.717) is 5.69 Å². The summed E-state index contributed by atoms with van der Waals surface area (Å²) in [5, 5.41) is 17.3. The molecule has 2 rings (SSSR count). The molecule has 6 heteroatoms. The predicted molar refractivity (Wildman–Crippen MR) is 57.1 cm³/mol. The number of carbonyl (C=O) groups is 1. The largest absolute Gasteiger partial charge is 0.477 e. The van der Waals surface area contributed by atoms with Crippen LogP contribution in [0, 0.1) is 6.92 Å². The number of carboxylic acid groups (broad SMARTS) is 1. The Morgan fingerprint density at radius 2 is 1.94 bits per heavy atom. The first-order chi connectivity index (χ1) is 7.49. The smallest absolute Gasteiger partial charge is 0.354 e. The molecule has 0 amide bonds. The van der Waals surface area contributed by atoms with Crippen molar-refractivity contribution in [2.75, 3.05) is 0 Å². The van der Waals surface area contributed by atoms with E-state index in [1.54, 1.807) is 24.8 Å². The summed E-state index contributed by atoms with van der Waals surface area (Å²) < 4.78 is 3.03. The van der Waals surface area contributed by atoms with Crippen LogP contribution in [0.1, 0.15) is 16.2 Å². The van der Waals surface area contributed by atoms with Gasteiger partial charge in [-0.15, -0.1) is 0 Å².